The first-order valence-electron chi connectivity index (χ1n) is 4.84. The summed E-state index contributed by atoms with van der Waals surface area (Å²) < 4.78 is 10.1. The van der Waals surface area contributed by atoms with Crippen LogP contribution in [0.5, 0.6) is 5.75 Å². The van der Waals surface area contributed by atoms with Gasteiger partial charge in [-0.2, -0.15) is 0 Å². The molecule has 1 rings (SSSR count). The number of hydrogen-bond donors (Lipinski definition) is 2. The molecule has 88 valence electrons. The Kier molecular flexibility index (Phi) is 4.75. The Morgan fingerprint density at radius 3 is 2.50 bits per heavy atom. The Labute approximate surface area is 93.8 Å². The van der Waals surface area contributed by atoms with Gasteiger partial charge >= 0.3 is 0 Å². The largest absolute Gasteiger partial charge is 0.491 e. The van der Waals surface area contributed by atoms with Gasteiger partial charge in [0.15, 0.2) is 6.10 Å². The van der Waals surface area contributed by atoms with Crippen molar-refractivity contribution in [2.24, 2.45) is 5.73 Å². The molecule has 0 bridgehead atoms. The van der Waals surface area contributed by atoms with Crippen LogP contribution in [0.1, 0.15) is 11.7 Å². The van der Waals surface area contributed by atoms with Crippen molar-refractivity contribution in [2.75, 3.05) is 20.3 Å². The van der Waals surface area contributed by atoms with E-state index in [1.54, 1.807) is 31.4 Å². The van der Waals surface area contributed by atoms with E-state index in [9.17, 15) is 9.90 Å². The van der Waals surface area contributed by atoms with Crippen molar-refractivity contribution < 1.29 is 19.4 Å². The molecule has 3 N–H and O–H groups in total. The van der Waals surface area contributed by atoms with E-state index in [-0.39, 0.29) is 0 Å². The first-order chi connectivity index (χ1) is 7.65. The molecule has 5 nitrogen and oxygen atoms in total. The molecule has 1 unspecified atom stereocenters. The third kappa shape index (κ3) is 3.52. The highest BCUT2D eigenvalue weighted by atomic mass is 16.5. The van der Waals surface area contributed by atoms with Gasteiger partial charge in [0.1, 0.15) is 12.4 Å². The predicted molar refractivity (Wildman–Crippen MR) is 58.0 cm³/mol. The third-order valence-corrected chi connectivity index (χ3v) is 2.02. The monoisotopic (exact) mass is 225 g/mol. The van der Waals surface area contributed by atoms with Crippen LogP contribution < -0.4 is 10.5 Å². The Balaban J connectivity index is 2.57. The third-order valence-electron chi connectivity index (χ3n) is 2.02. The van der Waals surface area contributed by atoms with Gasteiger partial charge in [0.2, 0.25) is 0 Å². The molecule has 16 heavy (non-hydrogen) atoms. The number of benzene rings is 1. The van der Waals surface area contributed by atoms with E-state index in [0.29, 0.717) is 24.5 Å². The lowest BCUT2D eigenvalue weighted by Crippen LogP contribution is -2.20. The van der Waals surface area contributed by atoms with Gasteiger partial charge in [0.25, 0.3) is 5.91 Å². The zero-order valence-corrected chi connectivity index (χ0v) is 9.05. The molecular formula is C11H15NO4. The molecule has 5 heteroatoms. The van der Waals surface area contributed by atoms with Crippen molar-refractivity contribution in [3.63, 3.8) is 0 Å². The van der Waals surface area contributed by atoms with E-state index in [1.165, 1.54) is 0 Å². The summed E-state index contributed by atoms with van der Waals surface area (Å²) in [6.07, 6.45) is -1.27. The fraction of sp³-hybridized carbons (Fsp3) is 0.364. The lowest BCUT2D eigenvalue weighted by atomic mass is 10.1. The van der Waals surface area contributed by atoms with Crippen molar-refractivity contribution in [1.82, 2.24) is 0 Å². The molecule has 0 aromatic heterocycles. The van der Waals surface area contributed by atoms with Crippen molar-refractivity contribution in [2.45, 2.75) is 6.10 Å². The lowest BCUT2D eigenvalue weighted by Gasteiger charge is -2.09. The van der Waals surface area contributed by atoms with Crippen molar-refractivity contribution in [1.29, 1.82) is 0 Å². The molecule has 0 aliphatic rings. The number of aliphatic hydroxyl groups is 1. The predicted octanol–water partition coefficient (Wildman–Crippen LogP) is 0.230. The molecule has 0 fully saturated rings. The number of aliphatic hydroxyl groups excluding tert-OH is 1. The van der Waals surface area contributed by atoms with E-state index >= 15 is 0 Å². The van der Waals surface area contributed by atoms with Crippen LogP contribution in [0, 0.1) is 0 Å². The number of amides is 1. The van der Waals surface area contributed by atoms with Gasteiger partial charge in [-0.15, -0.1) is 0 Å². The summed E-state index contributed by atoms with van der Waals surface area (Å²) >= 11 is 0. The standard InChI is InChI=1S/C11H15NO4/c1-15-6-7-16-9-4-2-8(3-5-9)10(13)11(12)14/h2-5,10,13H,6-7H2,1H3,(H2,12,14). The van der Waals surface area contributed by atoms with Crippen molar-refractivity contribution in [3.8, 4) is 5.75 Å². The van der Waals surface area contributed by atoms with Gasteiger partial charge in [0, 0.05) is 7.11 Å². The van der Waals surface area contributed by atoms with Crippen LogP contribution in [0.4, 0.5) is 0 Å². The number of ether oxygens (including phenoxy) is 2. The normalized spacial score (nSPS) is 12.1. The average Bonchev–Trinajstić information content (AvgIpc) is 2.29. The second kappa shape index (κ2) is 6.09. The van der Waals surface area contributed by atoms with Gasteiger partial charge in [-0.05, 0) is 17.7 Å². The van der Waals surface area contributed by atoms with Crippen molar-refractivity contribution >= 4 is 5.91 Å². The maximum atomic E-state index is 10.7. The summed E-state index contributed by atoms with van der Waals surface area (Å²) in [4.78, 5) is 10.7. The summed E-state index contributed by atoms with van der Waals surface area (Å²) in [5.41, 5.74) is 5.42. The fourth-order valence-corrected chi connectivity index (χ4v) is 1.15. The number of nitrogens with two attached hydrogens (primary N) is 1. The number of carbonyl (C=O) groups excluding carboxylic acids is 1. The number of carbonyl (C=O) groups is 1. The van der Waals surface area contributed by atoms with Crippen LogP contribution in [-0.4, -0.2) is 31.3 Å². The van der Waals surface area contributed by atoms with E-state index in [1.807, 2.05) is 0 Å². The van der Waals surface area contributed by atoms with Crippen molar-refractivity contribution in [3.05, 3.63) is 29.8 Å². The zero-order chi connectivity index (χ0) is 12.0. The van der Waals surface area contributed by atoms with Crippen LogP contribution in [0.2, 0.25) is 0 Å². The summed E-state index contributed by atoms with van der Waals surface area (Å²) in [5, 5.41) is 9.37. The first kappa shape index (κ1) is 12.5. The zero-order valence-electron chi connectivity index (χ0n) is 9.05. The van der Waals surface area contributed by atoms with Gasteiger partial charge < -0.3 is 20.3 Å². The molecule has 1 amide bonds. The summed E-state index contributed by atoms with van der Waals surface area (Å²) in [6.45, 7) is 0.958. The maximum Gasteiger partial charge on any atom is 0.250 e. The second-order valence-electron chi connectivity index (χ2n) is 3.22. The fourth-order valence-electron chi connectivity index (χ4n) is 1.15. The summed E-state index contributed by atoms with van der Waals surface area (Å²) in [6, 6.07) is 6.52. The molecular weight excluding hydrogens is 210 g/mol. The van der Waals surface area contributed by atoms with Gasteiger partial charge in [-0.25, -0.2) is 0 Å². The number of hydrogen-bond acceptors (Lipinski definition) is 4. The Morgan fingerprint density at radius 2 is 2.00 bits per heavy atom. The minimum absolute atomic E-state index is 0.451. The highest BCUT2D eigenvalue weighted by Gasteiger charge is 2.12. The van der Waals surface area contributed by atoms with Gasteiger partial charge in [-0.3, -0.25) is 4.79 Å². The highest BCUT2D eigenvalue weighted by molar-refractivity contribution is 5.80. The highest BCUT2D eigenvalue weighted by Crippen LogP contribution is 2.17. The van der Waals surface area contributed by atoms with E-state index in [0.717, 1.165) is 0 Å². The second-order valence-corrected chi connectivity index (χ2v) is 3.22. The van der Waals surface area contributed by atoms with E-state index in [2.05, 4.69) is 0 Å². The smallest absolute Gasteiger partial charge is 0.250 e. The Hall–Kier alpha value is -1.59. The molecule has 0 aliphatic carbocycles. The van der Waals surface area contributed by atoms with E-state index < -0.39 is 12.0 Å². The molecule has 0 aliphatic heterocycles. The molecule has 0 spiro atoms. The van der Waals surface area contributed by atoms with Gasteiger partial charge in [-0.1, -0.05) is 12.1 Å². The molecule has 0 saturated heterocycles. The van der Waals surface area contributed by atoms with Crippen LogP contribution in [0.25, 0.3) is 0 Å². The number of rotatable bonds is 6. The quantitative estimate of drug-likeness (QED) is 0.679. The molecule has 0 radical (unpaired) electrons. The topological polar surface area (TPSA) is 81.8 Å². The van der Waals surface area contributed by atoms with Crippen LogP contribution in [0.3, 0.4) is 0 Å². The SMILES string of the molecule is COCCOc1ccc(C(O)C(N)=O)cc1. The van der Waals surface area contributed by atoms with Crippen LogP contribution in [-0.2, 0) is 9.53 Å². The first-order valence-corrected chi connectivity index (χ1v) is 4.84. The van der Waals surface area contributed by atoms with Crippen LogP contribution >= 0.6 is 0 Å². The number of methoxy groups -OCH3 is 1. The minimum atomic E-state index is -1.27. The molecule has 0 saturated carbocycles. The number of primary amides is 1. The average molecular weight is 225 g/mol. The summed E-state index contributed by atoms with van der Waals surface area (Å²) in [5.74, 6) is -0.120. The Bertz CT molecular complexity index is 336. The molecule has 0 heterocycles. The Morgan fingerprint density at radius 1 is 1.38 bits per heavy atom. The molecule has 1 aromatic rings. The minimum Gasteiger partial charge on any atom is -0.491 e. The van der Waals surface area contributed by atoms with E-state index in [4.69, 9.17) is 15.2 Å². The molecule has 1 aromatic carbocycles. The van der Waals surface area contributed by atoms with Gasteiger partial charge in [0.05, 0.1) is 6.61 Å². The maximum absolute atomic E-state index is 10.7. The van der Waals surface area contributed by atoms with Crippen LogP contribution in [0.15, 0.2) is 24.3 Å². The lowest BCUT2D eigenvalue weighted by molar-refractivity contribution is -0.126. The molecule has 1 atom stereocenters. The summed E-state index contributed by atoms with van der Waals surface area (Å²) in [7, 11) is 1.59.